The van der Waals surface area contributed by atoms with E-state index in [0.717, 1.165) is 0 Å². The van der Waals surface area contributed by atoms with Gasteiger partial charge in [-0.3, -0.25) is 4.68 Å². The van der Waals surface area contributed by atoms with Crippen LogP contribution >= 0.6 is 0 Å². The number of nitrogens with one attached hydrogen (secondary N) is 1. The number of hydrogen-bond donors (Lipinski definition) is 1. The third-order valence-corrected chi connectivity index (χ3v) is 4.72. The minimum absolute atomic E-state index is 0.229. The first kappa shape index (κ1) is 15.7. The normalized spacial score (nSPS) is 20.5. The largest absolute Gasteiger partial charge is 0.331 e. The van der Waals surface area contributed by atoms with E-state index in [4.69, 9.17) is 0 Å². The average molecular weight is 316 g/mol. The molecule has 2 amide bonds. The summed E-state index contributed by atoms with van der Waals surface area (Å²) in [5, 5.41) is 6.81. The smallest absolute Gasteiger partial charge is 0.317 e. The molecule has 1 aromatic rings. The number of aryl methyl sites for hydroxylation is 1. The van der Waals surface area contributed by atoms with Crippen molar-refractivity contribution in [3.63, 3.8) is 0 Å². The molecule has 1 saturated heterocycles. The minimum atomic E-state index is -3.22. The Kier molecular flexibility index (Phi) is 4.47. The highest BCUT2D eigenvalue weighted by Crippen LogP contribution is 2.13. The Morgan fingerprint density at radius 2 is 2.19 bits per heavy atom. The molecule has 0 saturated carbocycles. The van der Waals surface area contributed by atoms with Crippen LogP contribution in [0.1, 0.15) is 12.7 Å². The lowest BCUT2D eigenvalue weighted by molar-refractivity contribution is 0.147. The van der Waals surface area contributed by atoms with Gasteiger partial charge in [-0.1, -0.05) is 0 Å². The van der Waals surface area contributed by atoms with E-state index in [0.29, 0.717) is 25.5 Å². The number of piperazine rings is 1. The van der Waals surface area contributed by atoms with Crippen LogP contribution in [0.4, 0.5) is 4.79 Å². The highest BCUT2D eigenvalue weighted by molar-refractivity contribution is 7.88. The molecule has 0 aliphatic carbocycles. The molecule has 118 valence electrons. The maximum absolute atomic E-state index is 12.1. The Labute approximate surface area is 124 Å². The van der Waals surface area contributed by atoms with Crippen molar-refractivity contribution in [2.45, 2.75) is 19.5 Å². The molecule has 1 fully saturated rings. The van der Waals surface area contributed by atoms with Crippen LogP contribution in [0.3, 0.4) is 0 Å². The standard InChI is InChI=1S/C11H20N6O3S/c1-9-7-16(4-5-17(9)21(3,19)20)11(18)12-6-10-13-8-15(2)14-10/h8-9H,4-7H2,1-3H3,(H,12,18)/t9-/m0/s1. The first-order valence-electron chi connectivity index (χ1n) is 6.61. The van der Waals surface area contributed by atoms with Crippen LogP contribution in [0.15, 0.2) is 6.33 Å². The van der Waals surface area contributed by atoms with Crippen LogP contribution in [0.2, 0.25) is 0 Å². The molecule has 1 aromatic heterocycles. The molecule has 0 bridgehead atoms. The maximum atomic E-state index is 12.1. The van der Waals surface area contributed by atoms with Crippen LogP contribution in [0.25, 0.3) is 0 Å². The minimum Gasteiger partial charge on any atom is -0.331 e. The van der Waals surface area contributed by atoms with Crippen molar-refractivity contribution < 1.29 is 13.2 Å². The molecule has 0 radical (unpaired) electrons. The number of aromatic nitrogens is 3. The SMILES string of the molecule is C[C@H]1CN(C(=O)NCc2ncn(C)n2)CCN1S(C)(=O)=O. The highest BCUT2D eigenvalue weighted by Gasteiger charge is 2.31. The van der Waals surface area contributed by atoms with Gasteiger partial charge in [-0.05, 0) is 6.92 Å². The van der Waals surface area contributed by atoms with Crippen LogP contribution in [-0.4, -0.2) is 70.4 Å². The number of urea groups is 1. The van der Waals surface area contributed by atoms with E-state index < -0.39 is 10.0 Å². The second-order valence-corrected chi connectivity index (χ2v) is 7.10. The summed E-state index contributed by atoms with van der Waals surface area (Å²) in [6.07, 6.45) is 2.75. The lowest BCUT2D eigenvalue weighted by atomic mass is 10.2. The number of rotatable bonds is 3. The molecule has 0 spiro atoms. The topological polar surface area (TPSA) is 100 Å². The number of nitrogens with zero attached hydrogens (tertiary/aromatic N) is 5. The first-order valence-corrected chi connectivity index (χ1v) is 8.46. The van der Waals surface area contributed by atoms with Crippen molar-refractivity contribution >= 4 is 16.1 Å². The molecule has 1 aliphatic heterocycles. The summed E-state index contributed by atoms with van der Waals surface area (Å²) in [7, 11) is -1.47. The Morgan fingerprint density at radius 1 is 1.48 bits per heavy atom. The zero-order valence-corrected chi connectivity index (χ0v) is 13.2. The molecule has 1 N–H and O–H groups in total. The molecule has 1 atom stereocenters. The average Bonchev–Trinajstić information content (AvgIpc) is 2.80. The van der Waals surface area contributed by atoms with Crippen molar-refractivity contribution in [3.8, 4) is 0 Å². The zero-order chi connectivity index (χ0) is 15.6. The summed E-state index contributed by atoms with van der Waals surface area (Å²) in [4.78, 5) is 17.7. The lowest BCUT2D eigenvalue weighted by Crippen LogP contribution is -2.56. The van der Waals surface area contributed by atoms with Crippen LogP contribution in [0, 0.1) is 0 Å². The predicted molar refractivity (Wildman–Crippen MR) is 75.8 cm³/mol. The molecule has 2 heterocycles. The van der Waals surface area contributed by atoms with Gasteiger partial charge in [0.1, 0.15) is 6.33 Å². The van der Waals surface area contributed by atoms with Crippen molar-refractivity contribution in [1.29, 1.82) is 0 Å². The van der Waals surface area contributed by atoms with Crippen molar-refractivity contribution in [3.05, 3.63) is 12.2 Å². The lowest BCUT2D eigenvalue weighted by Gasteiger charge is -2.38. The molecule has 9 nitrogen and oxygen atoms in total. The highest BCUT2D eigenvalue weighted by atomic mass is 32.2. The Morgan fingerprint density at radius 3 is 2.71 bits per heavy atom. The van der Waals surface area contributed by atoms with Gasteiger partial charge < -0.3 is 10.2 Å². The summed E-state index contributed by atoms with van der Waals surface area (Å²) in [6.45, 7) is 3.10. The van der Waals surface area contributed by atoms with E-state index in [2.05, 4.69) is 15.4 Å². The number of carbonyl (C=O) groups excluding carboxylic acids is 1. The fourth-order valence-corrected chi connectivity index (χ4v) is 3.48. The van der Waals surface area contributed by atoms with E-state index in [9.17, 15) is 13.2 Å². The summed E-state index contributed by atoms with van der Waals surface area (Å²) < 4.78 is 26.1. The van der Waals surface area contributed by atoms with E-state index in [1.165, 1.54) is 10.6 Å². The fourth-order valence-electron chi connectivity index (χ4n) is 2.35. The third kappa shape index (κ3) is 3.91. The fraction of sp³-hybridized carbons (Fsp3) is 0.727. The summed E-state index contributed by atoms with van der Waals surface area (Å²) in [5.41, 5.74) is 0. The molecule has 0 unspecified atom stereocenters. The molecule has 0 aromatic carbocycles. The first-order chi connectivity index (χ1) is 9.77. The summed E-state index contributed by atoms with van der Waals surface area (Å²) >= 11 is 0. The third-order valence-electron chi connectivity index (χ3n) is 3.32. The second kappa shape index (κ2) is 5.98. The Balaban J connectivity index is 1.87. The van der Waals surface area contributed by atoms with E-state index in [1.807, 2.05) is 0 Å². The van der Waals surface area contributed by atoms with Crippen molar-refractivity contribution in [2.24, 2.45) is 7.05 Å². The summed E-state index contributed by atoms with van der Waals surface area (Å²) in [6, 6.07) is -0.463. The molecule has 1 aliphatic rings. The van der Waals surface area contributed by atoms with Gasteiger partial charge in [0.15, 0.2) is 5.82 Å². The van der Waals surface area contributed by atoms with E-state index >= 15 is 0 Å². The number of sulfonamides is 1. The van der Waals surface area contributed by atoms with Gasteiger partial charge in [-0.15, -0.1) is 0 Å². The molecule has 21 heavy (non-hydrogen) atoms. The summed E-state index contributed by atoms with van der Waals surface area (Å²) in [5.74, 6) is 0.536. The van der Waals surface area contributed by atoms with Gasteiger partial charge in [0.05, 0.1) is 12.8 Å². The van der Waals surface area contributed by atoms with Crippen molar-refractivity contribution in [1.82, 2.24) is 29.3 Å². The van der Waals surface area contributed by atoms with Crippen LogP contribution in [-0.2, 0) is 23.6 Å². The monoisotopic (exact) mass is 316 g/mol. The van der Waals surface area contributed by atoms with Gasteiger partial charge in [-0.25, -0.2) is 18.2 Å². The van der Waals surface area contributed by atoms with Gasteiger partial charge in [0, 0.05) is 32.7 Å². The van der Waals surface area contributed by atoms with Crippen molar-refractivity contribution in [2.75, 3.05) is 25.9 Å². The van der Waals surface area contributed by atoms with Crippen LogP contribution < -0.4 is 5.32 Å². The Hall–Kier alpha value is -1.68. The van der Waals surface area contributed by atoms with Crippen LogP contribution in [0.5, 0.6) is 0 Å². The van der Waals surface area contributed by atoms with E-state index in [1.54, 1.807) is 29.9 Å². The van der Waals surface area contributed by atoms with E-state index in [-0.39, 0.29) is 18.6 Å². The molecular formula is C11H20N6O3S. The van der Waals surface area contributed by atoms with Gasteiger partial charge >= 0.3 is 6.03 Å². The maximum Gasteiger partial charge on any atom is 0.317 e. The zero-order valence-electron chi connectivity index (χ0n) is 12.4. The predicted octanol–water partition coefficient (Wildman–Crippen LogP) is -1.01. The van der Waals surface area contributed by atoms with Gasteiger partial charge in [0.2, 0.25) is 10.0 Å². The molecule has 10 heteroatoms. The number of amides is 2. The number of carbonyl (C=O) groups is 1. The quantitative estimate of drug-likeness (QED) is 0.770. The van der Waals surface area contributed by atoms with Gasteiger partial charge in [-0.2, -0.15) is 9.40 Å². The second-order valence-electron chi connectivity index (χ2n) is 5.16. The van der Waals surface area contributed by atoms with Gasteiger partial charge in [0.25, 0.3) is 0 Å². The molecule has 2 rings (SSSR count). The Bertz CT molecular complexity index is 613. The number of hydrogen-bond acceptors (Lipinski definition) is 5. The molecular weight excluding hydrogens is 296 g/mol.